The quantitative estimate of drug-likeness (QED) is 0.0169. The highest BCUT2D eigenvalue weighted by molar-refractivity contribution is 7.49. The first-order valence-electron chi connectivity index (χ1n) is 28.4. The molecule has 0 spiro atoms. The monoisotopic (exact) mass is 1160 g/mol. The molecule has 0 aliphatic carbocycles. The number of hydrogen-bond acceptors (Lipinski definition) is 12. The smallest absolute Gasteiger partial charge is 0.462 e. The Morgan fingerprint density at radius 1 is 0.724 bits per heavy atom. The second-order valence-electron chi connectivity index (χ2n) is 21.6. The van der Waals surface area contributed by atoms with E-state index < -0.39 is 69.4 Å². The van der Waals surface area contributed by atoms with E-state index in [2.05, 4.69) is 59.6 Å². The molecule has 18 heteroatoms. The van der Waals surface area contributed by atoms with E-state index in [4.69, 9.17) is 76.5 Å². The molecule has 0 bridgehead atoms. The first-order valence-corrected chi connectivity index (χ1v) is 33.9. The summed E-state index contributed by atoms with van der Waals surface area (Å²) in [5, 5.41) is 2.60. The van der Waals surface area contributed by atoms with Crippen molar-refractivity contribution in [2.45, 2.75) is 241 Å². The number of halogens is 3. The first-order chi connectivity index (χ1) is 36.3. The number of ether oxygens (including phenoxy) is 5. The minimum Gasteiger partial charge on any atom is -0.462 e. The number of phosphoric ester groups is 1. The summed E-state index contributed by atoms with van der Waals surface area (Å²) in [6.45, 7) is 18.2. The van der Waals surface area contributed by atoms with Crippen LogP contribution in [0, 0.1) is 0 Å². The number of alkyl halides is 3. The fraction of sp³-hybridized carbons (Fsp3) is 0.724. The van der Waals surface area contributed by atoms with E-state index >= 15 is 4.57 Å². The fourth-order valence-electron chi connectivity index (χ4n) is 8.54. The predicted molar refractivity (Wildman–Crippen MR) is 310 cm³/mol. The van der Waals surface area contributed by atoms with Gasteiger partial charge in [0.15, 0.2) is 14.6 Å². The second kappa shape index (κ2) is 37.5. The molecule has 1 aliphatic heterocycles. The zero-order valence-electron chi connectivity index (χ0n) is 47.1. The SMILES string of the molecule is C=CCO[C@H]1O[C@H](CO[Si](C)(C)C(C)(C)C)[C@@H](OP(=O)(Oc2ccccc2)Oc2ccccc2)[C@H](OCC[C@H](CCCCCCCCCCC)OC(=O)CCCCCCCCCCCCC)[C@@H]1NC(=O)OCC(Cl)(Cl)Cl. The Morgan fingerprint density at radius 2 is 1.22 bits per heavy atom. The van der Waals surface area contributed by atoms with Crippen molar-refractivity contribution in [2.24, 2.45) is 0 Å². The molecule has 1 saturated heterocycles. The highest BCUT2D eigenvalue weighted by atomic mass is 35.6. The summed E-state index contributed by atoms with van der Waals surface area (Å²) in [7, 11) is -7.19. The maximum absolute atomic E-state index is 15.4. The van der Waals surface area contributed by atoms with Gasteiger partial charge in [-0.15, -0.1) is 6.58 Å². The molecule has 76 heavy (non-hydrogen) atoms. The van der Waals surface area contributed by atoms with Crippen molar-refractivity contribution < 1.29 is 55.8 Å². The standard InChI is InChI=1S/C58H95Cl3NO12PSi/c1-9-12-14-16-18-20-21-23-25-27-35-41-51(63)70-47(36-30-26-24-22-19-17-15-13-10-2)42-44-66-54-52(62-56(64)68-46-58(59,60)61)55(67-43-11-3)71-50(45-69-76(7,8)57(4,5)6)53(54)74-75(65,72-48-37-31-28-32-38-48)73-49-39-33-29-34-40-49/h11,28-29,31-34,37-40,47,50,52-55H,3,9-10,12-27,30,35-36,41-46H2,1-2,4-8H3,(H,62,64)/t47-,50+,52-,53+,54+,55-/m0/s1. The molecule has 0 aromatic heterocycles. The molecule has 0 saturated carbocycles. The summed E-state index contributed by atoms with van der Waals surface area (Å²) in [5.74, 6) is 0.172. The zero-order valence-corrected chi connectivity index (χ0v) is 51.3. The van der Waals surface area contributed by atoms with E-state index in [-0.39, 0.29) is 42.3 Å². The molecular formula is C58H95Cl3NO12PSi. The molecular weight excluding hydrogens is 1070 g/mol. The lowest BCUT2D eigenvalue weighted by atomic mass is 9.96. The number of alkyl carbamates (subject to hydrolysis) is 1. The van der Waals surface area contributed by atoms with Gasteiger partial charge in [-0.05, 0) is 61.7 Å². The number of hydrogen-bond donors (Lipinski definition) is 1. The Bertz CT molecular complexity index is 1860. The summed E-state index contributed by atoms with van der Waals surface area (Å²) in [5.41, 5.74) is 0. The molecule has 1 heterocycles. The van der Waals surface area contributed by atoms with Crippen LogP contribution >= 0.6 is 42.6 Å². The summed E-state index contributed by atoms with van der Waals surface area (Å²) >= 11 is 18.0. The summed E-state index contributed by atoms with van der Waals surface area (Å²) in [6, 6.07) is 15.8. The highest BCUT2D eigenvalue weighted by Gasteiger charge is 2.54. The molecule has 0 radical (unpaired) electrons. The predicted octanol–water partition coefficient (Wildman–Crippen LogP) is 17.4. The van der Waals surface area contributed by atoms with Crippen LogP contribution in [0.3, 0.4) is 0 Å². The van der Waals surface area contributed by atoms with Crippen LogP contribution in [0.15, 0.2) is 73.3 Å². The minimum atomic E-state index is -4.70. The van der Waals surface area contributed by atoms with Crippen molar-refractivity contribution in [3.05, 3.63) is 73.3 Å². The van der Waals surface area contributed by atoms with Gasteiger partial charge in [-0.1, -0.05) is 227 Å². The number of amides is 1. The van der Waals surface area contributed by atoms with Gasteiger partial charge in [0, 0.05) is 12.8 Å². The van der Waals surface area contributed by atoms with Crippen molar-refractivity contribution in [2.75, 3.05) is 26.4 Å². The van der Waals surface area contributed by atoms with Crippen LogP contribution in [-0.2, 0) is 42.0 Å². The van der Waals surface area contributed by atoms with Gasteiger partial charge in [0.2, 0.25) is 3.79 Å². The number of benzene rings is 2. The lowest BCUT2D eigenvalue weighted by Gasteiger charge is -2.47. The lowest BCUT2D eigenvalue weighted by molar-refractivity contribution is -0.270. The summed E-state index contributed by atoms with van der Waals surface area (Å²) in [4.78, 5) is 27.3. The van der Waals surface area contributed by atoms with E-state index in [0.29, 0.717) is 19.3 Å². The maximum Gasteiger partial charge on any atom is 0.588 e. The number of rotatable bonds is 41. The molecule has 1 aliphatic rings. The minimum absolute atomic E-state index is 0.00270. The lowest BCUT2D eigenvalue weighted by Crippen LogP contribution is -2.66. The Balaban J connectivity index is 2.01. The van der Waals surface area contributed by atoms with Gasteiger partial charge in [0.1, 0.15) is 48.6 Å². The Kier molecular flexibility index (Phi) is 33.6. The van der Waals surface area contributed by atoms with E-state index in [1.165, 1.54) is 89.9 Å². The van der Waals surface area contributed by atoms with Crippen molar-refractivity contribution in [1.29, 1.82) is 0 Å². The van der Waals surface area contributed by atoms with Crippen LogP contribution in [0.5, 0.6) is 11.5 Å². The van der Waals surface area contributed by atoms with Gasteiger partial charge in [0.25, 0.3) is 0 Å². The number of carbonyl (C=O) groups is 2. The van der Waals surface area contributed by atoms with Crippen molar-refractivity contribution in [3.63, 3.8) is 0 Å². The number of unbranched alkanes of at least 4 members (excludes halogenated alkanes) is 18. The molecule has 3 rings (SSSR count). The number of carbonyl (C=O) groups excluding carboxylic acids is 2. The average Bonchev–Trinajstić information content (AvgIpc) is 3.38. The van der Waals surface area contributed by atoms with Crippen LogP contribution in [0.1, 0.15) is 182 Å². The molecule has 2 aromatic rings. The Hall–Kier alpha value is -2.36. The number of para-hydroxylation sites is 2. The molecule has 1 amide bonds. The van der Waals surface area contributed by atoms with E-state index in [1.54, 1.807) is 66.7 Å². The zero-order chi connectivity index (χ0) is 55.7. The topological polar surface area (TPSA) is 146 Å². The third-order valence-electron chi connectivity index (χ3n) is 13.9. The van der Waals surface area contributed by atoms with Gasteiger partial charge < -0.3 is 42.5 Å². The van der Waals surface area contributed by atoms with Crippen LogP contribution < -0.4 is 14.4 Å². The highest BCUT2D eigenvalue weighted by Crippen LogP contribution is 2.53. The van der Waals surface area contributed by atoms with Crippen LogP contribution in [-0.4, -0.2) is 87.3 Å². The van der Waals surface area contributed by atoms with Crippen molar-refractivity contribution in [3.8, 4) is 11.5 Å². The van der Waals surface area contributed by atoms with E-state index in [0.717, 1.165) is 38.5 Å². The Morgan fingerprint density at radius 3 is 1.71 bits per heavy atom. The molecule has 1 N–H and O–H groups in total. The van der Waals surface area contributed by atoms with Crippen LogP contribution in [0.4, 0.5) is 4.79 Å². The molecule has 434 valence electrons. The molecule has 2 aromatic carbocycles. The second-order valence-corrected chi connectivity index (χ2v) is 30.4. The normalized spacial score (nSPS) is 18.7. The number of nitrogens with one attached hydrogen (secondary N) is 1. The van der Waals surface area contributed by atoms with Crippen molar-refractivity contribution in [1.82, 2.24) is 5.32 Å². The third kappa shape index (κ3) is 28.7. The molecule has 13 nitrogen and oxygen atoms in total. The van der Waals surface area contributed by atoms with Gasteiger partial charge in [-0.2, -0.15) is 0 Å². The number of esters is 1. The van der Waals surface area contributed by atoms with Crippen LogP contribution in [0.2, 0.25) is 18.1 Å². The average molecular weight is 1160 g/mol. The Labute approximate surface area is 473 Å². The van der Waals surface area contributed by atoms with E-state index in [9.17, 15) is 9.59 Å². The number of phosphoric acid groups is 1. The maximum atomic E-state index is 15.4. The van der Waals surface area contributed by atoms with Gasteiger partial charge >= 0.3 is 19.9 Å². The summed E-state index contributed by atoms with van der Waals surface area (Å²) in [6.07, 6.45) is 19.9. The van der Waals surface area contributed by atoms with E-state index in [1.807, 2.05) is 0 Å². The molecule has 1 fully saturated rings. The summed E-state index contributed by atoms with van der Waals surface area (Å²) < 4.78 is 70.7. The molecule has 0 unspecified atom stereocenters. The largest absolute Gasteiger partial charge is 0.588 e. The van der Waals surface area contributed by atoms with Gasteiger partial charge in [0.05, 0.1) is 19.8 Å². The third-order valence-corrected chi connectivity index (χ3v) is 20.1. The van der Waals surface area contributed by atoms with Gasteiger partial charge in [-0.3, -0.25) is 9.32 Å². The first kappa shape index (κ1) is 67.9. The molecule has 6 atom stereocenters. The van der Waals surface area contributed by atoms with Gasteiger partial charge in [-0.25, -0.2) is 9.36 Å². The fourth-order valence-corrected chi connectivity index (χ4v) is 11.2. The van der Waals surface area contributed by atoms with Crippen molar-refractivity contribution >= 4 is 63.0 Å². The van der Waals surface area contributed by atoms with Crippen LogP contribution in [0.25, 0.3) is 0 Å².